The summed E-state index contributed by atoms with van der Waals surface area (Å²) in [5.41, 5.74) is 0.886. The smallest absolute Gasteiger partial charge is 0.191 e. The van der Waals surface area contributed by atoms with Crippen LogP contribution < -0.4 is 4.74 Å². The van der Waals surface area contributed by atoms with Gasteiger partial charge < -0.3 is 14.0 Å². The van der Waals surface area contributed by atoms with Gasteiger partial charge >= 0.3 is 0 Å². The summed E-state index contributed by atoms with van der Waals surface area (Å²) in [6.45, 7) is 2.05. The third-order valence-corrected chi connectivity index (χ3v) is 5.15. The lowest BCUT2D eigenvalue weighted by molar-refractivity contribution is 0.189. The number of para-hydroxylation sites is 1. The Morgan fingerprint density at radius 1 is 1.00 bits per heavy atom. The molecular weight excluding hydrogens is 382 g/mol. The molecule has 0 atom stereocenters. The molecule has 0 aliphatic heterocycles. The zero-order chi connectivity index (χ0) is 18.9. The van der Waals surface area contributed by atoms with Gasteiger partial charge in [0.2, 0.25) is 0 Å². The van der Waals surface area contributed by atoms with Crippen molar-refractivity contribution in [2.45, 2.75) is 18.1 Å². The van der Waals surface area contributed by atoms with Gasteiger partial charge in [0.05, 0.1) is 11.6 Å². The van der Waals surface area contributed by atoms with Crippen LogP contribution in [0.2, 0.25) is 5.02 Å². The van der Waals surface area contributed by atoms with E-state index in [4.69, 9.17) is 21.1 Å². The normalized spacial score (nSPS) is 10.9. The van der Waals surface area contributed by atoms with Crippen molar-refractivity contribution in [2.75, 3.05) is 26.1 Å². The lowest BCUT2D eigenvalue weighted by Crippen LogP contribution is -2.07. The Kier molecular flexibility index (Phi) is 7.56. The highest BCUT2D eigenvalue weighted by atomic mass is 35.5. The summed E-state index contributed by atoms with van der Waals surface area (Å²) in [6.07, 6.45) is 0.875. The van der Waals surface area contributed by atoms with Crippen LogP contribution in [0, 0.1) is 0 Å². The van der Waals surface area contributed by atoms with Gasteiger partial charge in [0.15, 0.2) is 11.0 Å². The van der Waals surface area contributed by atoms with Crippen LogP contribution in [0.5, 0.6) is 5.75 Å². The first-order valence-corrected chi connectivity index (χ1v) is 10.1. The summed E-state index contributed by atoms with van der Waals surface area (Å²) < 4.78 is 13.1. The zero-order valence-electron chi connectivity index (χ0n) is 15.2. The van der Waals surface area contributed by atoms with E-state index in [0.29, 0.717) is 18.2 Å². The minimum atomic E-state index is 0.598. The number of benzene rings is 2. The first kappa shape index (κ1) is 19.7. The molecule has 0 saturated heterocycles. The number of thioether (sulfide) groups is 1. The Balaban J connectivity index is 1.69. The summed E-state index contributed by atoms with van der Waals surface area (Å²) in [7, 11) is 1.71. The highest BCUT2D eigenvalue weighted by Crippen LogP contribution is 2.29. The second kappa shape index (κ2) is 10.3. The molecule has 7 heteroatoms. The summed E-state index contributed by atoms with van der Waals surface area (Å²) in [4.78, 5) is 0. The molecular formula is C20H22ClN3O2S. The van der Waals surface area contributed by atoms with Crippen molar-refractivity contribution in [2.24, 2.45) is 0 Å². The predicted molar refractivity (Wildman–Crippen MR) is 110 cm³/mol. The predicted octanol–water partition coefficient (Wildman–Crippen LogP) is 4.81. The molecule has 0 fully saturated rings. The standard InChI is InChI=1S/C20H22ClN3O2S/c1-25-13-7-12-24-19(17-10-5-6-11-18(17)21)22-23-20(24)27-15-14-26-16-8-3-2-4-9-16/h2-6,8-11H,7,12-15H2,1H3. The molecule has 0 spiro atoms. The van der Waals surface area contributed by atoms with Crippen LogP contribution in [-0.2, 0) is 11.3 Å². The van der Waals surface area contributed by atoms with E-state index in [1.54, 1.807) is 18.9 Å². The van der Waals surface area contributed by atoms with E-state index in [1.807, 2.05) is 54.6 Å². The number of hydrogen-bond acceptors (Lipinski definition) is 5. The van der Waals surface area contributed by atoms with Gasteiger partial charge in [-0.25, -0.2) is 0 Å². The largest absolute Gasteiger partial charge is 0.493 e. The first-order valence-electron chi connectivity index (χ1n) is 8.77. The highest BCUT2D eigenvalue weighted by Gasteiger charge is 2.16. The van der Waals surface area contributed by atoms with Crippen LogP contribution in [0.1, 0.15) is 6.42 Å². The topological polar surface area (TPSA) is 49.2 Å². The van der Waals surface area contributed by atoms with E-state index in [2.05, 4.69) is 14.8 Å². The number of hydrogen-bond donors (Lipinski definition) is 0. The molecule has 0 aliphatic carbocycles. The molecule has 0 N–H and O–H groups in total. The third kappa shape index (κ3) is 5.48. The van der Waals surface area contributed by atoms with Gasteiger partial charge in [0.25, 0.3) is 0 Å². The van der Waals surface area contributed by atoms with Crippen molar-refractivity contribution in [3.63, 3.8) is 0 Å². The molecule has 27 heavy (non-hydrogen) atoms. The molecule has 0 amide bonds. The fourth-order valence-corrected chi connectivity index (χ4v) is 3.62. The Morgan fingerprint density at radius 2 is 1.78 bits per heavy atom. The zero-order valence-corrected chi connectivity index (χ0v) is 16.7. The quantitative estimate of drug-likeness (QED) is 0.359. The summed E-state index contributed by atoms with van der Waals surface area (Å²) in [6, 6.07) is 17.5. The maximum absolute atomic E-state index is 6.36. The Bertz CT molecular complexity index is 842. The summed E-state index contributed by atoms with van der Waals surface area (Å²) in [5.74, 6) is 2.43. The third-order valence-electron chi connectivity index (χ3n) is 3.89. The van der Waals surface area contributed by atoms with E-state index >= 15 is 0 Å². The highest BCUT2D eigenvalue weighted by molar-refractivity contribution is 7.99. The average Bonchev–Trinajstić information content (AvgIpc) is 3.09. The molecule has 0 bridgehead atoms. The number of rotatable bonds is 10. The SMILES string of the molecule is COCCCn1c(SCCOc2ccccc2)nnc1-c1ccccc1Cl. The van der Waals surface area contributed by atoms with Gasteiger partial charge in [0.1, 0.15) is 5.75 Å². The second-order valence-electron chi connectivity index (χ2n) is 5.79. The van der Waals surface area contributed by atoms with Gasteiger partial charge in [-0.05, 0) is 30.7 Å². The summed E-state index contributed by atoms with van der Waals surface area (Å²) >= 11 is 7.99. The fourth-order valence-electron chi connectivity index (χ4n) is 2.62. The maximum atomic E-state index is 6.36. The van der Waals surface area contributed by atoms with Crippen LogP contribution in [0.4, 0.5) is 0 Å². The van der Waals surface area contributed by atoms with Crippen LogP contribution in [0.15, 0.2) is 59.8 Å². The molecule has 3 aromatic rings. The van der Waals surface area contributed by atoms with Crippen LogP contribution in [0.3, 0.4) is 0 Å². The van der Waals surface area contributed by atoms with Gasteiger partial charge in [0, 0.05) is 31.6 Å². The van der Waals surface area contributed by atoms with E-state index < -0.39 is 0 Å². The van der Waals surface area contributed by atoms with Crippen LogP contribution >= 0.6 is 23.4 Å². The molecule has 0 unspecified atom stereocenters. The number of ether oxygens (including phenoxy) is 2. The lowest BCUT2D eigenvalue weighted by atomic mass is 10.2. The molecule has 0 aliphatic rings. The molecule has 1 aromatic heterocycles. The van der Waals surface area contributed by atoms with Gasteiger partial charge in [-0.15, -0.1) is 10.2 Å². The lowest BCUT2D eigenvalue weighted by Gasteiger charge is -2.11. The second-order valence-corrected chi connectivity index (χ2v) is 7.26. The summed E-state index contributed by atoms with van der Waals surface area (Å²) in [5, 5.41) is 10.3. The van der Waals surface area contributed by atoms with Crippen molar-refractivity contribution in [1.29, 1.82) is 0 Å². The van der Waals surface area contributed by atoms with Crippen molar-refractivity contribution in [1.82, 2.24) is 14.8 Å². The number of methoxy groups -OCH3 is 1. The van der Waals surface area contributed by atoms with E-state index in [1.165, 1.54) is 0 Å². The number of aromatic nitrogens is 3. The number of nitrogens with zero attached hydrogens (tertiary/aromatic N) is 3. The monoisotopic (exact) mass is 403 g/mol. The molecule has 2 aromatic carbocycles. The van der Waals surface area contributed by atoms with E-state index in [0.717, 1.165) is 41.0 Å². The minimum absolute atomic E-state index is 0.598. The van der Waals surface area contributed by atoms with Crippen molar-refractivity contribution >= 4 is 23.4 Å². The Morgan fingerprint density at radius 3 is 2.56 bits per heavy atom. The molecule has 0 radical (unpaired) electrons. The Hall–Kier alpha value is -2.02. The van der Waals surface area contributed by atoms with Crippen LogP contribution in [-0.4, -0.2) is 40.8 Å². The van der Waals surface area contributed by atoms with Crippen molar-refractivity contribution in [3.8, 4) is 17.1 Å². The minimum Gasteiger partial charge on any atom is -0.493 e. The first-order chi connectivity index (χ1) is 13.3. The van der Waals surface area contributed by atoms with Gasteiger partial charge in [-0.1, -0.05) is 53.7 Å². The van der Waals surface area contributed by atoms with Crippen molar-refractivity contribution in [3.05, 3.63) is 59.6 Å². The van der Waals surface area contributed by atoms with Gasteiger partial charge in [-0.3, -0.25) is 0 Å². The van der Waals surface area contributed by atoms with E-state index in [9.17, 15) is 0 Å². The molecule has 1 heterocycles. The average molecular weight is 404 g/mol. The number of halogens is 1. The van der Waals surface area contributed by atoms with E-state index in [-0.39, 0.29) is 0 Å². The molecule has 0 saturated carbocycles. The van der Waals surface area contributed by atoms with Gasteiger partial charge in [-0.2, -0.15) is 0 Å². The molecule has 142 valence electrons. The van der Waals surface area contributed by atoms with Crippen LogP contribution in [0.25, 0.3) is 11.4 Å². The maximum Gasteiger partial charge on any atom is 0.191 e. The Labute approximate surface area is 168 Å². The molecule has 3 rings (SSSR count). The fraction of sp³-hybridized carbons (Fsp3) is 0.300. The van der Waals surface area contributed by atoms with Crippen molar-refractivity contribution < 1.29 is 9.47 Å². The molecule has 5 nitrogen and oxygen atoms in total.